The maximum absolute atomic E-state index is 14.3. The summed E-state index contributed by atoms with van der Waals surface area (Å²) in [4.78, 5) is 26.5. The van der Waals surface area contributed by atoms with Crippen LogP contribution in [0, 0.1) is 30.6 Å². The molecule has 10 nitrogen and oxygen atoms in total. The number of imidazole rings is 2. The Balaban J connectivity index is 1.23. The van der Waals surface area contributed by atoms with Crippen molar-refractivity contribution in [2.24, 2.45) is 0 Å². The number of carbonyl (C=O) groups is 1. The van der Waals surface area contributed by atoms with Crippen LogP contribution >= 0.6 is 0 Å². The van der Waals surface area contributed by atoms with Crippen molar-refractivity contribution in [2.45, 2.75) is 19.6 Å². The van der Waals surface area contributed by atoms with E-state index in [0.717, 1.165) is 19.2 Å². The second-order valence-electron chi connectivity index (χ2n) is 12.0. The molecule has 0 unspecified atom stereocenters. The highest BCUT2D eigenvalue weighted by molar-refractivity contribution is 6.05. The fourth-order valence-electron chi connectivity index (χ4n) is 5.70. The number of aromatic nitrogens is 6. The Bertz CT molecular complexity index is 2250. The van der Waals surface area contributed by atoms with Crippen LogP contribution in [0.3, 0.4) is 0 Å². The standard InChI is InChI=1S/C37H30F3N9O/c1-25-26(8-11-31-22-41-34-5-3-13-43-48(31)34)19-29(20-27(25)9-12-32-23-42-35-6-4-14-44-49(32)35)36(50)45-30-10-7-28(33(21-30)37(38,39)40)24-47-17-15-46(2)16-18-47/h3-7,10,13-14,19-23H,15-18,24H2,1-2H3,(H,45,50). The number of likely N-dealkylation sites (N-methyl/N-ethyl adjacent to an activating group) is 1. The van der Waals surface area contributed by atoms with Crippen LogP contribution in [0.15, 0.2) is 79.4 Å². The maximum atomic E-state index is 14.3. The first kappa shape index (κ1) is 32.5. The second-order valence-corrected chi connectivity index (χ2v) is 12.0. The smallest absolute Gasteiger partial charge is 0.322 e. The van der Waals surface area contributed by atoms with E-state index in [1.165, 1.54) is 12.1 Å². The predicted molar refractivity (Wildman–Crippen MR) is 181 cm³/mol. The lowest BCUT2D eigenvalue weighted by atomic mass is 9.98. The third-order valence-electron chi connectivity index (χ3n) is 8.54. The number of carbonyl (C=O) groups excluding carboxylic acids is 1. The van der Waals surface area contributed by atoms with Crippen LogP contribution in [0.25, 0.3) is 11.3 Å². The minimum Gasteiger partial charge on any atom is -0.322 e. The van der Waals surface area contributed by atoms with Gasteiger partial charge in [-0.2, -0.15) is 23.4 Å². The molecule has 0 atom stereocenters. The summed E-state index contributed by atoms with van der Waals surface area (Å²) in [6, 6.07) is 14.3. The third kappa shape index (κ3) is 6.91. The first-order valence-corrected chi connectivity index (χ1v) is 15.8. The fraction of sp³-hybridized carbons (Fsp3) is 0.216. The van der Waals surface area contributed by atoms with E-state index in [9.17, 15) is 18.0 Å². The summed E-state index contributed by atoms with van der Waals surface area (Å²) in [6.07, 6.45) is 1.86. The van der Waals surface area contributed by atoms with Crippen molar-refractivity contribution >= 4 is 22.9 Å². The van der Waals surface area contributed by atoms with Gasteiger partial charge >= 0.3 is 6.18 Å². The summed E-state index contributed by atoms with van der Waals surface area (Å²) in [7, 11) is 1.99. The maximum Gasteiger partial charge on any atom is 0.416 e. The Morgan fingerprint density at radius 3 is 1.96 bits per heavy atom. The molecular weight excluding hydrogens is 643 g/mol. The number of nitrogens with one attached hydrogen (secondary N) is 1. The monoisotopic (exact) mass is 673 g/mol. The lowest BCUT2D eigenvalue weighted by Crippen LogP contribution is -2.44. The number of halogens is 3. The summed E-state index contributed by atoms with van der Waals surface area (Å²) in [6.45, 7) is 4.94. The second kappa shape index (κ2) is 13.5. The van der Waals surface area contributed by atoms with E-state index in [-0.39, 0.29) is 23.4 Å². The zero-order valence-electron chi connectivity index (χ0n) is 27.2. The normalized spacial score (nSPS) is 13.9. The molecule has 0 radical (unpaired) electrons. The van der Waals surface area contributed by atoms with Gasteiger partial charge in [-0.05, 0) is 85.5 Å². The molecule has 0 saturated carbocycles. The van der Waals surface area contributed by atoms with E-state index in [1.54, 1.807) is 70.2 Å². The highest BCUT2D eigenvalue weighted by Crippen LogP contribution is 2.35. The van der Waals surface area contributed by atoms with Gasteiger partial charge in [-0.15, -0.1) is 0 Å². The van der Waals surface area contributed by atoms with E-state index in [2.05, 4.69) is 54.1 Å². The molecule has 1 N–H and O–H groups in total. The Hall–Kier alpha value is -6.02. The lowest BCUT2D eigenvalue weighted by Gasteiger charge is -2.33. The van der Waals surface area contributed by atoms with Gasteiger partial charge in [0.05, 0.1) is 18.0 Å². The number of hydrogen-bond acceptors (Lipinski definition) is 7. The molecule has 4 aromatic heterocycles. The summed E-state index contributed by atoms with van der Waals surface area (Å²) in [5.74, 6) is 11.8. The van der Waals surface area contributed by atoms with Gasteiger partial charge in [0, 0.05) is 67.5 Å². The summed E-state index contributed by atoms with van der Waals surface area (Å²) in [5, 5.41) is 11.3. The van der Waals surface area contributed by atoms with Gasteiger partial charge < -0.3 is 10.2 Å². The van der Waals surface area contributed by atoms with Crippen molar-refractivity contribution in [2.75, 3.05) is 38.5 Å². The highest BCUT2D eigenvalue weighted by Gasteiger charge is 2.34. The number of nitrogens with zero attached hydrogens (tertiary/aromatic N) is 8. The SMILES string of the molecule is Cc1c(C#Cc2cnc3cccnn23)cc(C(=O)Nc2ccc(CN3CCN(C)CC3)c(C(F)(F)F)c2)cc1C#Cc1cnc2cccnn12. The molecule has 2 aromatic carbocycles. The van der Waals surface area contributed by atoms with Crippen LogP contribution in [0.2, 0.25) is 0 Å². The molecule has 1 fully saturated rings. The minimum atomic E-state index is -4.60. The topological polar surface area (TPSA) is 96.0 Å². The van der Waals surface area contributed by atoms with Gasteiger partial charge in [-0.25, -0.2) is 19.0 Å². The van der Waals surface area contributed by atoms with E-state index in [4.69, 9.17) is 0 Å². The van der Waals surface area contributed by atoms with E-state index in [1.807, 2.05) is 18.9 Å². The van der Waals surface area contributed by atoms with Crippen molar-refractivity contribution in [3.05, 3.63) is 124 Å². The molecule has 1 aliphatic heterocycles. The Kier molecular flexibility index (Phi) is 8.76. The van der Waals surface area contributed by atoms with Crippen molar-refractivity contribution in [1.29, 1.82) is 0 Å². The van der Waals surface area contributed by atoms with Crippen molar-refractivity contribution in [3.8, 4) is 23.7 Å². The number of hydrogen-bond donors (Lipinski definition) is 1. The van der Waals surface area contributed by atoms with Gasteiger partial charge in [0.25, 0.3) is 5.91 Å². The van der Waals surface area contributed by atoms with Crippen LogP contribution in [0.1, 0.15) is 49.6 Å². The summed E-state index contributed by atoms with van der Waals surface area (Å²) in [5.41, 5.74) is 3.62. The first-order chi connectivity index (χ1) is 24.1. The van der Waals surface area contributed by atoms with Gasteiger partial charge in [0.15, 0.2) is 11.3 Å². The van der Waals surface area contributed by atoms with Crippen molar-refractivity contribution in [1.82, 2.24) is 39.0 Å². The molecule has 5 heterocycles. The van der Waals surface area contributed by atoms with Crippen LogP contribution in [0.4, 0.5) is 18.9 Å². The minimum absolute atomic E-state index is 0.0268. The number of piperazine rings is 1. The molecular formula is C37H30F3N9O. The zero-order valence-corrected chi connectivity index (χ0v) is 27.2. The van der Waals surface area contributed by atoms with Crippen molar-refractivity contribution in [3.63, 3.8) is 0 Å². The van der Waals surface area contributed by atoms with Crippen LogP contribution in [0.5, 0.6) is 0 Å². The number of fused-ring (bicyclic) bond motifs is 2. The molecule has 7 rings (SSSR count). The summed E-state index contributed by atoms with van der Waals surface area (Å²) >= 11 is 0. The predicted octanol–water partition coefficient (Wildman–Crippen LogP) is 4.90. The fourth-order valence-corrected chi connectivity index (χ4v) is 5.70. The number of anilines is 1. The molecule has 1 aliphatic rings. The van der Waals surface area contributed by atoms with Gasteiger partial charge in [0.1, 0.15) is 11.4 Å². The quantitative estimate of drug-likeness (QED) is 0.266. The highest BCUT2D eigenvalue weighted by atomic mass is 19.4. The number of alkyl halides is 3. The zero-order chi connectivity index (χ0) is 34.8. The van der Waals surface area contributed by atoms with Crippen LogP contribution in [-0.4, -0.2) is 78.1 Å². The molecule has 1 amide bonds. The first-order valence-electron chi connectivity index (χ1n) is 15.8. The average molecular weight is 674 g/mol. The van der Waals surface area contributed by atoms with E-state index in [0.29, 0.717) is 52.5 Å². The largest absolute Gasteiger partial charge is 0.416 e. The van der Waals surface area contributed by atoms with E-state index < -0.39 is 17.6 Å². The van der Waals surface area contributed by atoms with Crippen molar-refractivity contribution < 1.29 is 18.0 Å². The molecule has 50 heavy (non-hydrogen) atoms. The average Bonchev–Trinajstić information content (AvgIpc) is 3.72. The molecule has 0 bridgehead atoms. The Morgan fingerprint density at radius 1 is 0.820 bits per heavy atom. The number of rotatable bonds is 4. The summed E-state index contributed by atoms with van der Waals surface area (Å²) < 4.78 is 46.0. The lowest BCUT2D eigenvalue weighted by molar-refractivity contribution is -0.138. The molecule has 1 saturated heterocycles. The number of amides is 1. The molecule has 250 valence electrons. The van der Waals surface area contributed by atoms with Crippen LogP contribution in [-0.2, 0) is 12.7 Å². The van der Waals surface area contributed by atoms with Crippen LogP contribution < -0.4 is 5.32 Å². The molecule has 0 aliphatic carbocycles. The Labute approximate surface area is 285 Å². The molecule has 6 aromatic rings. The van der Waals surface area contributed by atoms with Gasteiger partial charge in [0.2, 0.25) is 0 Å². The van der Waals surface area contributed by atoms with Gasteiger partial charge in [-0.1, -0.05) is 17.9 Å². The van der Waals surface area contributed by atoms with E-state index >= 15 is 0 Å². The Morgan fingerprint density at radius 2 is 1.40 bits per heavy atom. The number of benzene rings is 2. The third-order valence-corrected chi connectivity index (χ3v) is 8.54. The molecule has 13 heteroatoms. The molecule has 0 spiro atoms. The van der Waals surface area contributed by atoms with Gasteiger partial charge in [-0.3, -0.25) is 9.69 Å².